The van der Waals surface area contributed by atoms with Gasteiger partial charge in [0, 0.05) is 37.8 Å². The topological polar surface area (TPSA) is 107 Å². The number of nitrogens with two attached hydrogens (primary N) is 1. The fraction of sp³-hybridized carbons (Fsp3) is 0.379. The lowest BCUT2D eigenvalue weighted by atomic mass is 10.1. The van der Waals surface area contributed by atoms with E-state index in [0.29, 0.717) is 24.3 Å². The third kappa shape index (κ3) is 7.02. The zero-order valence-corrected chi connectivity index (χ0v) is 23.7. The maximum absolute atomic E-state index is 15.5. The molecule has 3 aromatic rings. The Morgan fingerprint density at radius 2 is 1.88 bits per heavy atom. The molecule has 1 amide bonds. The summed E-state index contributed by atoms with van der Waals surface area (Å²) in [4.78, 5) is 22.7. The highest BCUT2D eigenvalue weighted by atomic mass is 19.1. The summed E-state index contributed by atoms with van der Waals surface area (Å²) in [5, 5.41) is 4.71. The summed E-state index contributed by atoms with van der Waals surface area (Å²) in [7, 11) is 1.51. The standard InChI is InChI=1S/C29H36F2N6O3/c1-8-19(17-36(9-2)28(38)40-29(3,4)5)37-27(34-7)24(26(32)33-6)25(35-37)22-14-13-21(16-23(22)31)39-20-12-10-11-18(30)15-20/h10-16,19H,7-9,17H2,1-6H3,(H2,32,33). The summed E-state index contributed by atoms with van der Waals surface area (Å²) in [6, 6.07) is 9.42. The number of aliphatic imine (C=N–C) groups is 2. The second-order valence-electron chi connectivity index (χ2n) is 10.0. The number of carbonyl (C=O) groups is 1. The van der Waals surface area contributed by atoms with E-state index in [0.717, 1.165) is 0 Å². The number of ether oxygens (including phenoxy) is 2. The maximum Gasteiger partial charge on any atom is 0.410 e. The molecule has 0 radical (unpaired) electrons. The molecule has 3 rings (SSSR count). The highest BCUT2D eigenvalue weighted by molar-refractivity contribution is 6.06. The predicted octanol–water partition coefficient (Wildman–Crippen LogP) is 6.50. The van der Waals surface area contributed by atoms with Crippen LogP contribution in [0.3, 0.4) is 0 Å². The zero-order valence-electron chi connectivity index (χ0n) is 23.7. The van der Waals surface area contributed by atoms with Crippen molar-refractivity contribution in [1.29, 1.82) is 0 Å². The van der Waals surface area contributed by atoms with E-state index < -0.39 is 23.3 Å². The number of amides is 1. The Labute approximate surface area is 233 Å². The number of nitrogens with zero attached hydrogens (tertiary/aromatic N) is 5. The van der Waals surface area contributed by atoms with Crippen molar-refractivity contribution in [2.45, 2.75) is 52.7 Å². The number of amidine groups is 1. The second kappa shape index (κ2) is 12.7. The SMILES string of the molecule is C=Nc1c(C(N)=NC)c(-c2ccc(Oc3cccc(F)c3)cc2F)nn1C(CC)CN(CC)C(=O)OC(C)(C)C. The van der Waals surface area contributed by atoms with Gasteiger partial charge >= 0.3 is 6.09 Å². The molecule has 1 unspecified atom stereocenters. The molecule has 9 nitrogen and oxygen atoms in total. The fourth-order valence-electron chi connectivity index (χ4n) is 4.08. The molecule has 0 aliphatic rings. The first-order chi connectivity index (χ1) is 18.9. The average Bonchev–Trinajstić information content (AvgIpc) is 3.27. The van der Waals surface area contributed by atoms with Gasteiger partial charge in [-0.1, -0.05) is 13.0 Å². The molecule has 0 saturated carbocycles. The maximum atomic E-state index is 15.5. The van der Waals surface area contributed by atoms with Gasteiger partial charge in [-0.15, -0.1) is 0 Å². The van der Waals surface area contributed by atoms with Crippen molar-refractivity contribution in [3.05, 3.63) is 59.7 Å². The van der Waals surface area contributed by atoms with Crippen molar-refractivity contribution in [3.8, 4) is 22.8 Å². The molecule has 0 aliphatic heterocycles. The Bertz CT molecular complexity index is 1400. The molecule has 214 valence electrons. The summed E-state index contributed by atoms with van der Waals surface area (Å²) < 4.78 is 41.8. The van der Waals surface area contributed by atoms with E-state index in [1.54, 1.807) is 42.5 Å². The molecule has 2 N–H and O–H groups in total. The summed E-state index contributed by atoms with van der Waals surface area (Å²) >= 11 is 0. The number of hydrogen-bond donors (Lipinski definition) is 1. The molecule has 0 bridgehead atoms. The number of likely N-dealkylation sites (N-methyl/N-ethyl adjacent to an activating group) is 1. The molecule has 2 aromatic carbocycles. The minimum atomic E-state index is -0.653. The first-order valence-corrected chi connectivity index (χ1v) is 12.9. The van der Waals surface area contributed by atoms with Crippen LogP contribution >= 0.6 is 0 Å². The van der Waals surface area contributed by atoms with Gasteiger partial charge in [0.05, 0.1) is 11.6 Å². The summed E-state index contributed by atoms with van der Waals surface area (Å²) in [6.45, 7) is 13.6. The highest BCUT2D eigenvalue weighted by Gasteiger charge is 2.29. The Balaban J connectivity index is 2.05. The predicted molar refractivity (Wildman–Crippen MR) is 153 cm³/mol. The smallest absolute Gasteiger partial charge is 0.410 e. The molecule has 0 fully saturated rings. The van der Waals surface area contributed by atoms with Crippen LogP contribution in [0.5, 0.6) is 11.5 Å². The lowest BCUT2D eigenvalue weighted by Crippen LogP contribution is -2.40. The summed E-state index contributed by atoms with van der Waals surface area (Å²) in [6.07, 6.45) is 0.109. The average molecular weight is 555 g/mol. The molecule has 0 spiro atoms. The zero-order chi connectivity index (χ0) is 29.6. The van der Waals surface area contributed by atoms with E-state index in [2.05, 4.69) is 16.7 Å². The lowest BCUT2D eigenvalue weighted by molar-refractivity contribution is 0.0231. The third-order valence-electron chi connectivity index (χ3n) is 6.04. The van der Waals surface area contributed by atoms with E-state index in [1.807, 2.05) is 13.8 Å². The number of halogens is 2. The van der Waals surface area contributed by atoms with Crippen molar-refractivity contribution in [2.24, 2.45) is 15.7 Å². The van der Waals surface area contributed by atoms with Gasteiger partial charge in [0.1, 0.15) is 40.3 Å². The van der Waals surface area contributed by atoms with Crippen LogP contribution in [-0.2, 0) is 4.74 Å². The largest absolute Gasteiger partial charge is 0.457 e. The number of carbonyl (C=O) groups excluding carboxylic acids is 1. The molecule has 0 aliphatic carbocycles. The Kier molecular flexibility index (Phi) is 9.62. The highest BCUT2D eigenvalue weighted by Crippen LogP contribution is 2.36. The van der Waals surface area contributed by atoms with Gasteiger partial charge < -0.3 is 20.1 Å². The summed E-state index contributed by atoms with van der Waals surface area (Å²) in [5.41, 5.74) is 6.25. The van der Waals surface area contributed by atoms with Gasteiger partial charge in [-0.2, -0.15) is 5.10 Å². The summed E-state index contributed by atoms with van der Waals surface area (Å²) in [5.74, 6) is -0.316. The fourth-order valence-corrected chi connectivity index (χ4v) is 4.08. The molecule has 1 heterocycles. The van der Waals surface area contributed by atoms with E-state index in [9.17, 15) is 9.18 Å². The van der Waals surface area contributed by atoms with Crippen molar-refractivity contribution in [1.82, 2.24) is 14.7 Å². The van der Waals surface area contributed by atoms with Crippen LogP contribution < -0.4 is 10.5 Å². The van der Waals surface area contributed by atoms with Crippen molar-refractivity contribution in [3.63, 3.8) is 0 Å². The van der Waals surface area contributed by atoms with Crippen molar-refractivity contribution in [2.75, 3.05) is 20.1 Å². The Morgan fingerprint density at radius 1 is 1.18 bits per heavy atom. The third-order valence-corrected chi connectivity index (χ3v) is 6.04. The van der Waals surface area contributed by atoms with E-state index in [1.165, 1.54) is 37.4 Å². The minimum Gasteiger partial charge on any atom is -0.457 e. The molecular weight excluding hydrogens is 518 g/mol. The van der Waals surface area contributed by atoms with Crippen LogP contribution in [0.15, 0.2) is 52.4 Å². The first-order valence-electron chi connectivity index (χ1n) is 12.9. The molecule has 0 saturated heterocycles. The van der Waals surface area contributed by atoms with Gasteiger partial charge in [0.2, 0.25) is 0 Å². The van der Waals surface area contributed by atoms with Crippen molar-refractivity contribution < 1.29 is 23.0 Å². The molecule has 11 heteroatoms. The van der Waals surface area contributed by atoms with E-state index >= 15 is 4.39 Å². The van der Waals surface area contributed by atoms with Crippen molar-refractivity contribution >= 4 is 24.5 Å². The van der Waals surface area contributed by atoms with Gasteiger partial charge in [0.25, 0.3) is 0 Å². The van der Waals surface area contributed by atoms with Gasteiger partial charge in [-0.3, -0.25) is 4.99 Å². The quantitative estimate of drug-likeness (QED) is 0.228. The van der Waals surface area contributed by atoms with E-state index in [-0.39, 0.29) is 41.2 Å². The van der Waals surface area contributed by atoms with Crippen LogP contribution in [0.4, 0.5) is 19.4 Å². The second-order valence-corrected chi connectivity index (χ2v) is 10.0. The van der Waals surface area contributed by atoms with Gasteiger partial charge in [-0.25, -0.2) is 23.2 Å². The van der Waals surface area contributed by atoms with Crippen LogP contribution in [0, 0.1) is 11.6 Å². The molecule has 40 heavy (non-hydrogen) atoms. The van der Waals surface area contributed by atoms with Crippen LogP contribution in [0.1, 0.15) is 52.6 Å². The normalized spacial score (nSPS) is 12.7. The van der Waals surface area contributed by atoms with Crippen LogP contribution in [0.2, 0.25) is 0 Å². The van der Waals surface area contributed by atoms with Gasteiger partial charge in [0.15, 0.2) is 5.82 Å². The Morgan fingerprint density at radius 3 is 2.42 bits per heavy atom. The Hall–Kier alpha value is -4.28. The molecule has 1 aromatic heterocycles. The lowest BCUT2D eigenvalue weighted by Gasteiger charge is -2.29. The van der Waals surface area contributed by atoms with Crippen LogP contribution in [-0.4, -0.2) is 59.1 Å². The molecular formula is C29H36F2N6O3. The monoisotopic (exact) mass is 554 g/mol. The van der Waals surface area contributed by atoms with Crippen LogP contribution in [0.25, 0.3) is 11.3 Å². The van der Waals surface area contributed by atoms with Gasteiger partial charge in [-0.05, 0) is 65.1 Å². The first kappa shape index (κ1) is 30.3. The van der Waals surface area contributed by atoms with E-state index in [4.69, 9.17) is 20.3 Å². The minimum absolute atomic E-state index is 0.0949. The molecule has 1 atom stereocenters. The number of aromatic nitrogens is 2. The number of hydrogen-bond acceptors (Lipinski definition) is 6. The number of benzene rings is 2. The number of rotatable bonds is 10.